The first-order chi connectivity index (χ1) is 18.7. The van der Waals surface area contributed by atoms with Gasteiger partial charge in [-0.2, -0.15) is 23.7 Å². The monoisotopic (exact) mass is 606 g/mol. The van der Waals surface area contributed by atoms with Gasteiger partial charge in [0.2, 0.25) is 22.2 Å². The Bertz CT molecular complexity index is 1270. The first-order valence-corrected chi connectivity index (χ1v) is 13.0. The smallest absolute Gasteiger partial charge is 0.226 e. The minimum Gasteiger partial charge on any atom is -0.378 e. The van der Waals surface area contributed by atoms with Crippen LogP contribution in [0.4, 0.5) is 30.6 Å². The molecular weight excluding hydrogens is 584 g/mol. The van der Waals surface area contributed by atoms with E-state index in [9.17, 15) is 13.2 Å². The van der Waals surface area contributed by atoms with Crippen LogP contribution in [0.1, 0.15) is 18.7 Å². The fourth-order valence-electron chi connectivity index (χ4n) is 3.78. The molecule has 0 spiro atoms. The van der Waals surface area contributed by atoms with E-state index in [1.54, 1.807) is 16.7 Å². The molecule has 3 aromatic heterocycles. The first kappa shape index (κ1) is 29.3. The predicted octanol–water partition coefficient (Wildman–Crippen LogP) is 4.57. The van der Waals surface area contributed by atoms with Crippen molar-refractivity contribution in [2.45, 2.75) is 13.0 Å². The normalized spacial score (nSPS) is 16.4. The zero-order chi connectivity index (χ0) is 27.9. The summed E-state index contributed by atoms with van der Waals surface area (Å²) in [7, 11) is 0. The van der Waals surface area contributed by atoms with Gasteiger partial charge < -0.3 is 24.6 Å². The molecule has 0 bridgehead atoms. The van der Waals surface area contributed by atoms with Gasteiger partial charge in [-0.1, -0.05) is 11.6 Å². The maximum Gasteiger partial charge on any atom is 0.226 e. The standard InChI is InChI=1S/C15H16ClF2N5O.C8H8Cl2FN3O/c1-9(11-3-2-10(17)8-19-11)20-13-12(18)14(22-15(16)21-13)23-4-6-24-7-5-23;9-6-5(11)7(13-8(10)12-6)14-1-3-15-4-2-14/h2-3,8-9H,4-7H2,1H3,(H,20,21,22);1-4H2/t9-;/m0./s1. The van der Waals surface area contributed by atoms with Crippen molar-refractivity contribution in [1.29, 1.82) is 0 Å². The molecule has 0 aromatic carbocycles. The van der Waals surface area contributed by atoms with Crippen molar-refractivity contribution in [3.8, 4) is 0 Å². The third kappa shape index (κ3) is 7.70. The molecule has 2 saturated heterocycles. The van der Waals surface area contributed by atoms with E-state index >= 15 is 0 Å². The van der Waals surface area contributed by atoms with Crippen LogP contribution in [0.2, 0.25) is 15.7 Å². The van der Waals surface area contributed by atoms with Gasteiger partial charge in [-0.05, 0) is 42.3 Å². The van der Waals surface area contributed by atoms with Crippen molar-refractivity contribution >= 4 is 52.3 Å². The summed E-state index contributed by atoms with van der Waals surface area (Å²) in [5.74, 6) is -1.39. The molecule has 1 atom stereocenters. The van der Waals surface area contributed by atoms with E-state index < -0.39 is 17.5 Å². The average Bonchev–Trinajstić information content (AvgIpc) is 2.94. The third-order valence-electron chi connectivity index (χ3n) is 5.74. The van der Waals surface area contributed by atoms with E-state index in [0.717, 1.165) is 6.20 Å². The number of ether oxygens (including phenoxy) is 2. The lowest BCUT2D eigenvalue weighted by Crippen LogP contribution is -2.37. The molecule has 2 aliphatic heterocycles. The number of anilines is 3. The average molecular weight is 608 g/mol. The molecule has 1 N–H and O–H groups in total. The molecule has 0 saturated carbocycles. The number of hydrogen-bond donors (Lipinski definition) is 1. The summed E-state index contributed by atoms with van der Waals surface area (Å²) in [6.45, 7) is 6.04. The van der Waals surface area contributed by atoms with E-state index in [0.29, 0.717) is 58.3 Å². The van der Waals surface area contributed by atoms with Crippen molar-refractivity contribution in [2.24, 2.45) is 0 Å². The molecule has 0 unspecified atom stereocenters. The first-order valence-electron chi connectivity index (χ1n) is 11.9. The predicted molar refractivity (Wildman–Crippen MR) is 141 cm³/mol. The summed E-state index contributed by atoms with van der Waals surface area (Å²) in [5, 5.41) is 2.55. The lowest BCUT2D eigenvalue weighted by molar-refractivity contribution is 0.122. The largest absolute Gasteiger partial charge is 0.378 e. The minimum atomic E-state index is -0.636. The highest BCUT2D eigenvalue weighted by Gasteiger charge is 2.23. The number of aromatic nitrogens is 5. The second kappa shape index (κ2) is 13.6. The molecule has 0 aliphatic carbocycles. The van der Waals surface area contributed by atoms with E-state index in [4.69, 9.17) is 44.3 Å². The molecule has 2 aliphatic rings. The molecule has 10 nitrogen and oxygen atoms in total. The number of rotatable bonds is 5. The Morgan fingerprint density at radius 1 is 0.795 bits per heavy atom. The van der Waals surface area contributed by atoms with Crippen LogP contribution in [0.3, 0.4) is 0 Å². The summed E-state index contributed by atoms with van der Waals surface area (Å²) < 4.78 is 51.7. The van der Waals surface area contributed by atoms with Gasteiger partial charge >= 0.3 is 0 Å². The number of morpholine rings is 2. The SMILES string of the molecule is C[C@H](Nc1nc(Cl)nc(N2CCOCC2)c1F)c1ccc(F)cn1.Fc1c(Cl)nc(Cl)nc1N1CCOCC1. The van der Waals surface area contributed by atoms with Crippen molar-refractivity contribution in [1.82, 2.24) is 24.9 Å². The Labute approximate surface area is 237 Å². The molecule has 210 valence electrons. The number of hydrogen-bond acceptors (Lipinski definition) is 10. The Morgan fingerprint density at radius 2 is 1.33 bits per heavy atom. The van der Waals surface area contributed by atoms with Crippen LogP contribution >= 0.6 is 34.8 Å². The molecule has 0 radical (unpaired) electrons. The Morgan fingerprint density at radius 3 is 1.87 bits per heavy atom. The fourth-order valence-corrected chi connectivity index (χ4v) is 4.32. The van der Waals surface area contributed by atoms with Gasteiger partial charge in [-0.25, -0.2) is 9.37 Å². The summed E-state index contributed by atoms with van der Waals surface area (Å²) in [6.07, 6.45) is 1.11. The van der Waals surface area contributed by atoms with E-state index in [2.05, 4.69) is 30.2 Å². The van der Waals surface area contributed by atoms with Gasteiger partial charge in [-0.15, -0.1) is 0 Å². The maximum absolute atomic E-state index is 14.8. The number of halogens is 6. The molecule has 3 aromatic rings. The van der Waals surface area contributed by atoms with Gasteiger partial charge in [-0.3, -0.25) is 4.98 Å². The third-order valence-corrected chi connectivity index (χ3v) is 6.33. The van der Waals surface area contributed by atoms with Crippen molar-refractivity contribution in [3.63, 3.8) is 0 Å². The van der Waals surface area contributed by atoms with E-state index in [-0.39, 0.29) is 39.2 Å². The molecule has 16 heteroatoms. The van der Waals surface area contributed by atoms with Gasteiger partial charge in [0.05, 0.1) is 44.4 Å². The zero-order valence-corrected chi connectivity index (χ0v) is 22.9. The minimum absolute atomic E-state index is 0.0184. The second-order valence-corrected chi connectivity index (χ2v) is 9.40. The Kier molecular flexibility index (Phi) is 10.2. The molecule has 0 amide bonds. The Balaban J connectivity index is 0.000000202. The highest BCUT2D eigenvalue weighted by Crippen LogP contribution is 2.28. The topological polar surface area (TPSA) is 101 Å². The fraction of sp³-hybridized carbons (Fsp3) is 0.435. The summed E-state index contributed by atoms with van der Waals surface area (Å²) in [5.41, 5.74) is 0.554. The molecule has 5 heterocycles. The van der Waals surface area contributed by atoms with Crippen LogP contribution in [-0.2, 0) is 9.47 Å². The second-order valence-electron chi connectivity index (χ2n) is 8.37. The summed E-state index contributed by atoms with van der Waals surface area (Å²) >= 11 is 17.1. The summed E-state index contributed by atoms with van der Waals surface area (Å²) in [4.78, 5) is 22.7. The molecule has 2 fully saturated rings. The highest BCUT2D eigenvalue weighted by atomic mass is 35.5. The van der Waals surface area contributed by atoms with Crippen LogP contribution in [-0.4, -0.2) is 77.5 Å². The molecule has 39 heavy (non-hydrogen) atoms. The van der Waals surface area contributed by atoms with Gasteiger partial charge in [0, 0.05) is 26.2 Å². The molecule has 5 rings (SSSR count). The van der Waals surface area contributed by atoms with Gasteiger partial charge in [0.25, 0.3) is 0 Å². The Hall–Kier alpha value is -2.71. The highest BCUT2D eigenvalue weighted by molar-refractivity contribution is 6.32. The van der Waals surface area contributed by atoms with Crippen LogP contribution in [0.5, 0.6) is 0 Å². The number of nitrogens with zero attached hydrogens (tertiary/aromatic N) is 7. The van der Waals surface area contributed by atoms with Crippen molar-refractivity contribution in [3.05, 3.63) is 57.2 Å². The summed E-state index contributed by atoms with van der Waals surface area (Å²) in [6, 6.07) is 2.43. The lowest BCUT2D eigenvalue weighted by Gasteiger charge is -2.28. The lowest BCUT2D eigenvalue weighted by atomic mass is 10.2. The zero-order valence-electron chi connectivity index (χ0n) is 20.7. The number of pyridine rings is 1. The van der Waals surface area contributed by atoms with Gasteiger partial charge in [0.1, 0.15) is 5.82 Å². The van der Waals surface area contributed by atoms with Crippen molar-refractivity contribution in [2.75, 3.05) is 67.7 Å². The number of nitrogens with one attached hydrogen (secondary N) is 1. The quantitative estimate of drug-likeness (QED) is 0.328. The van der Waals surface area contributed by atoms with Crippen LogP contribution in [0, 0.1) is 17.5 Å². The van der Waals surface area contributed by atoms with Crippen LogP contribution in [0.25, 0.3) is 0 Å². The van der Waals surface area contributed by atoms with Gasteiger partial charge in [0.15, 0.2) is 22.6 Å². The molecular formula is C23H24Cl3F3N8O2. The van der Waals surface area contributed by atoms with E-state index in [1.807, 2.05) is 0 Å². The van der Waals surface area contributed by atoms with Crippen LogP contribution in [0.15, 0.2) is 18.3 Å². The van der Waals surface area contributed by atoms with Crippen molar-refractivity contribution < 1.29 is 22.6 Å². The maximum atomic E-state index is 14.8. The van der Waals surface area contributed by atoms with Crippen LogP contribution < -0.4 is 15.1 Å². The van der Waals surface area contributed by atoms with E-state index in [1.165, 1.54) is 12.1 Å².